The largest absolute Gasteiger partial charge is 0.481 e. The Morgan fingerprint density at radius 2 is 2.16 bits per heavy atom. The third-order valence-corrected chi connectivity index (χ3v) is 4.04. The van der Waals surface area contributed by atoms with E-state index in [9.17, 15) is 0 Å². The summed E-state index contributed by atoms with van der Waals surface area (Å²) >= 11 is 0. The van der Waals surface area contributed by atoms with Gasteiger partial charge in [-0.1, -0.05) is 12.8 Å². The second kappa shape index (κ2) is 6.70. The number of hydrogen-bond donors (Lipinski definition) is 1. The molecule has 1 aliphatic carbocycles. The van der Waals surface area contributed by atoms with E-state index in [1.54, 1.807) is 13.4 Å². The van der Waals surface area contributed by atoms with Crippen molar-refractivity contribution in [1.82, 2.24) is 9.97 Å². The first-order valence-electron chi connectivity index (χ1n) is 7.12. The number of rotatable bonds is 5. The van der Waals surface area contributed by atoms with Gasteiger partial charge in [0, 0.05) is 18.7 Å². The van der Waals surface area contributed by atoms with E-state index in [4.69, 9.17) is 10.5 Å². The molecule has 1 fully saturated rings. The van der Waals surface area contributed by atoms with Crippen molar-refractivity contribution in [3.63, 3.8) is 0 Å². The number of ether oxygens (including phenoxy) is 1. The highest BCUT2D eigenvalue weighted by Crippen LogP contribution is 2.30. The van der Waals surface area contributed by atoms with Crippen LogP contribution in [0, 0.1) is 5.92 Å². The topological polar surface area (TPSA) is 64.3 Å². The van der Waals surface area contributed by atoms with Crippen molar-refractivity contribution < 1.29 is 4.74 Å². The molecule has 2 N–H and O–H groups in total. The molecule has 2 rings (SSSR count). The maximum Gasteiger partial charge on any atom is 0.218 e. The van der Waals surface area contributed by atoms with Gasteiger partial charge in [-0.25, -0.2) is 9.97 Å². The Balaban J connectivity index is 2.21. The van der Waals surface area contributed by atoms with E-state index >= 15 is 0 Å². The van der Waals surface area contributed by atoms with Gasteiger partial charge in [0.25, 0.3) is 0 Å². The minimum Gasteiger partial charge on any atom is -0.481 e. The first-order valence-corrected chi connectivity index (χ1v) is 7.12. The second-order valence-electron chi connectivity index (χ2n) is 5.05. The molecule has 0 aromatic carbocycles. The molecule has 0 radical (unpaired) electrons. The summed E-state index contributed by atoms with van der Waals surface area (Å²) in [6.07, 6.45) is 6.56. The van der Waals surface area contributed by atoms with Crippen molar-refractivity contribution >= 4 is 5.82 Å². The van der Waals surface area contributed by atoms with Crippen LogP contribution in [0.25, 0.3) is 0 Å². The lowest BCUT2D eigenvalue weighted by Gasteiger charge is -2.39. The molecule has 0 bridgehead atoms. The molecule has 19 heavy (non-hydrogen) atoms. The van der Waals surface area contributed by atoms with Gasteiger partial charge >= 0.3 is 0 Å². The highest BCUT2D eigenvalue weighted by atomic mass is 16.5. The molecule has 5 heteroatoms. The highest BCUT2D eigenvalue weighted by molar-refractivity contribution is 5.42. The summed E-state index contributed by atoms with van der Waals surface area (Å²) in [6, 6.07) is 2.40. The zero-order valence-corrected chi connectivity index (χ0v) is 11.9. The van der Waals surface area contributed by atoms with Gasteiger partial charge < -0.3 is 15.4 Å². The van der Waals surface area contributed by atoms with Crippen LogP contribution >= 0.6 is 0 Å². The van der Waals surface area contributed by atoms with Crippen molar-refractivity contribution in [1.29, 1.82) is 0 Å². The molecule has 1 aromatic rings. The summed E-state index contributed by atoms with van der Waals surface area (Å²) in [5.74, 6) is 2.12. The van der Waals surface area contributed by atoms with Crippen molar-refractivity contribution in [2.45, 2.75) is 38.6 Å². The maximum absolute atomic E-state index is 5.94. The third-order valence-electron chi connectivity index (χ3n) is 4.04. The van der Waals surface area contributed by atoms with Gasteiger partial charge in [0.2, 0.25) is 5.88 Å². The van der Waals surface area contributed by atoms with Crippen LogP contribution < -0.4 is 15.4 Å². The fraction of sp³-hybridized carbons (Fsp3) is 0.714. The Hall–Kier alpha value is -1.36. The van der Waals surface area contributed by atoms with Crippen LogP contribution in [0.2, 0.25) is 0 Å². The summed E-state index contributed by atoms with van der Waals surface area (Å²) in [5, 5.41) is 0. The first-order chi connectivity index (χ1) is 9.30. The zero-order chi connectivity index (χ0) is 13.7. The smallest absolute Gasteiger partial charge is 0.218 e. The van der Waals surface area contributed by atoms with Crippen LogP contribution in [0.15, 0.2) is 12.4 Å². The molecule has 0 aliphatic heterocycles. The van der Waals surface area contributed by atoms with Crippen LogP contribution in [0.3, 0.4) is 0 Å². The van der Waals surface area contributed by atoms with E-state index < -0.39 is 0 Å². The van der Waals surface area contributed by atoms with Crippen LogP contribution in [0.4, 0.5) is 5.82 Å². The van der Waals surface area contributed by atoms with Gasteiger partial charge in [-0.2, -0.15) is 0 Å². The zero-order valence-electron chi connectivity index (χ0n) is 11.9. The van der Waals surface area contributed by atoms with Gasteiger partial charge in [0.05, 0.1) is 7.11 Å². The molecule has 0 spiro atoms. The molecular formula is C14H24N4O. The average Bonchev–Trinajstić information content (AvgIpc) is 2.49. The van der Waals surface area contributed by atoms with E-state index in [2.05, 4.69) is 21.8 Å². The van der Waals surface area contributed by atoms with Crippen LogP contribution in [0.1, 0.15) is 32.6 Å². The molecule has 5 nitrogen and oxygen atoms in total. The lowest BCUT2D eigenvalue weighted by Crippen LogP contribution is -2.45. The summed E-state index contributed by atoms with van der Waals surface area (Å²) in [4.78, 5) is 10.8. The standard InChI is InChI=1S/C14H24N4O/c1-3-18(12-7-5-4-6-11(12)9-15)13-8-14(19-2)17-10-16-13/h8,10-12H,3-7,9,15H2,1-2H3. The SMILES string of the molecule is CCN(c1cc(OC)ncn1)C1CCCCC1CN. The fourth-order valence-electron chi connectivity index (χ4n) is 3.04. The van der Waals surface area contributed by atoms with E-state index in [0.29, 0.717) is 17.8 Å². The van der Waals surface area contributed by atoms with Crippen molar-refractivity contribution in [3.8, 4) is 5.88 Å². The number of anilines is 1. The van der Waals surface area contributed by atoms with E-state index in [0.717, 1.165) is 18.9 Å². The Labute approximate surface area is 115 Å². The van der Waals surface area contributed by atoms with Crippen molar-refractivity contribution in [2.75, 3.05) is 25.1 Å². The Kier molecular flexibility index (Phi) is 4.96. The Bertz CT molecular complexity index is 399. The molecule has 1 saturated carbocycles. The van der Waals surface area contributed by atoms with Crippen LogP contribution in [-0.2, 0) is 0 Å². The average molecular weight is 264 g/mol. The molecule has 1 aromatic heterocycles. The predicted octanol–water partition coefficient (Wildman–Crippen LogP) is 1.83. The lowest BCUT2D eigenvalue weighted by molar-refractivity contribution is 0.299. The minimum absolute atomic E-state index is 0.489. The first kappa shape index (κ1) is 14.1. The van der Waals surface area contributed by atoms with E-state index in [1.165, 1.54) is 25.7 Å². The third kappa shape index (κ3) is 3.15. The summed E-state index contributed by atoms with van der Waals surface area (Å²) in [7, 11) is 1.63. The van der Waals surface area contributed by atoms with E-state index in [-0.39, 0.29) is 0 Å². The van der Waals surface area contributed by atoms with E-state index in [1.807, 2.05) is 6.07 Å². The number of hydrogen-bond acceptors (Lipinski definition) is 5. The van der Waals surface area contributed by atoms with Crippen LogP contribution in [-0.4, -0.2) is 36.2 Å². The predicted molar refractivity (Wildman–Crippen MR) is 76.4 cm³/mol. The summed E-state index contributed by atoms with van der Waals surface area (Å²) < 4.78 is 5.19. The number of methoxy groups -OCH3 is 1. The molecule has 2 unspecified atom stereocenters. The Morgan fingerprint density at radius 3 is 2.84 bits per heavy atom. The lowest BCUT2D eigenvalue weighted by atomic mass is 9.83. The van der Waals surface area contributed by atoms with Gasteiger partial charge in [-0.15, -0.1) is 0 Å². The second-order valence-corrected chi connectivity index (χ2v) is 5.05. The Morgan fingerprint density at radius 1 is 1.37 bits per heavy atom. The molecule has 2 atom stereocenters. The molecule has 0 amide bonds. The molecule has 0 saturated heterocycles. The molecular weight excluding hydrogens is 240 g/mol. The minimum atomic E-state index is 0.489. The quantitative estimate of drug-likeness (QED) is 0.879. The number of nitrogens with zero attached hydrogens (tertiary/aromatic N) is 3. The molecule has 1 aliphatic rings. The fourth-order valence-corrected chi connectivity index (χ4v) is 3.04. The summed E-state index contributed by atoms with van der Waals surface area (Å²) in [6.45, 7) is 3.85. The van der Waals surface area contributed by atoms with Gasteiger partial charge in [0.15, 0.2) is 0 Å². The normalized spacial score (nSPS) is 23.1. The van der Waals surface area contributed by atoms with Gasteiger partial charge in [-0.05, 0) is 32.2 Å². The molecule has 1 heterocycles. The van der Waals surface area contributed by atoms with Gasteiger partial charge in [0.1, 0.15) is 12.1 Å². The molecule has 106 valence electrons. The summed E-state index contributed by atoms with van der Waals surface area (Å²) in [5.41, 5.74) is 5.94. The monoisotopic (exact) mass is 264 g/mol. The van der Waals surface area contributed by atoms with Gasteiger partial charge in [-0.3, -0.25) is 0 Å². The number of aromatic nitrogens is 2. The van der Waals surface area contributed by atoms with Crippen molar-refractivity contribution in [3.05, 3.63) is 12.4 Å². The maximum atomic E-state index is 5.94. The number of nitrogens with two attached hydrogens (primary N) is 1. The van der Waals surface area contributed by atoms with Crippen molar-refractivity contribution in [2.24, 2.45) is 11.7 Å². The highest BCUT2D eigenvalue weighted by Gasteiger charge is 2.29. The van der Waals surface area contributed by atoms with Crippen LogP contribution in [0.5, 0.6) is 5.88 Å².